The summed E-state index contributed by atoms with van der Waals surface area (Å²) in [5.41, 5.74) is 0.988. The fourth-order valence-electron chi connectivity index (χ4n) is 1.85. The predicted octanol–water partition coefficient (Wildman–Crippen LogP) is 2.22. The Balaban J connectivity index is 2.98. The summed E-state index contributed by atoms with van der Waals surface area (Å²) in [6.07, 6.45) is 0. The van der Waals surface area contributed by atoms with Crippen molar-refractivity contribution in [1.82, 2.24) is 9.62 Å². The van der Waals surface area contributed by atoms with Crippen molar-refractivity contribution in [3.05, 3.63) is 29.8 Å². The van der Waals surface area contributed by atoms with Crippen LogP contribution in [0.2, 0.25) is 0 Å². The molecule has 1 rings (SSSR count). The molecule has 1 N–H and O–H groups in total. The lowest BCUT2D eigenvalue weighted by Gasteiger charge is -2.19. The minimum Gasteiger partial charge on any atom is -0.310 e. The molecule has 0 amide bonds. The number of nitrogens with one attached hydrogen (secondary N) is 1. The zero-order chi connectivity index (χ0) is 14.5. The second-order valence-electron chi connectivity index (χ2n) is 4.77. The Hall–Kier alpha value is -0.910. The van der Waals surface area contributed by atoms with E-state index in [0.29, 0.717) is 30.6 Å². The lowest BCUT2D eigenvalue weighted by Crippen LogP contribution is -2.30. The van der Waals surface area contributed by atoms with Crippen LogP contribution in [0.4, 0.5) is 0 Å². The second-order valence-corrected chi connectivity index (χ2v) is 6.71. The molecule has 0 radical (unpaired) electrons. The van der Waals surface area contributed by atoms with Crippen molar-refractivity contribution in [2.75, 3.05) is 13.1 Å². The number of nitrogens with zero attached hydrogens (tertiary/aromatic N) is 1. The average Bonchev–Trinajstić information content (AvgIpc) is 2.38. The van der Waals surface area contributed by atoms with E-state index < -0.39 is 10.0 Å². The number of rotatable bonds is 7. The molecule has 0 aromatic heterocycles. The molecule has 0 atom stereocenters. The summed E-state index contributed by atoms with van der Waals surface area (Å²) in [5, 5.41) is 3.29. The van der Waals surface area contributed by atoms with Crippen molar-refractivity contribution < 1.29 is 8.42 Å². The molecule has 1 aromatic rings. The summed E-state index contributed by atoms with van der Waals surface area (Å²) in [4.78, 5) is 0.374. The molecule has 5 heteroatoms. The Labute approximate surface area is 116 Å². The van der Waals surface area contributed by atoms with E-state index in [0.717, 1.165) is 5.56 Å². The zero-order valence-electron chi connectivity index (χ0n) is 12.2. The molecule has 0 saturated carbocycles. The first-order chi connectivity index (χ1) is 8.91. The Kier molecular flexibility index (Phi) is 5.97. The number of sulfonamides is 1. The van der Waals surface area contributed by atoms with Gasteiger partial charge in [0.05, 0.1) is 4.90 Å². The van der Waals surface area contributed by atoms with E-state index in [4.69, 9.17) is 0 Å². The van der Waals surface area contributed by atoms with Gasteiger partial charge in [0.2, 0.25) is 10.0 Å². The summed E-state index contributed by atoms with van der Waals surface area (Å²) in [5.74, 6) is 0. The van der Waals surface area contributed by atoms with Gasteiger partial charge < -0.3 is 5.32 Å². The van der Waals surface area contributed by atoms with Crippen molar-refractivity contribution in [3.63, 3.8) is 0 Å². The Morgan fingerprint density at radius 3 is 2.37 bits per heavy atom. The van der Waals surface area contributed by atoms with Gasteiger partial charge in [0.25, 0.3) is 0 Å². The third kappa shape index (κ3) is 4.30. The van der Waals surface area contributed by atoms with Gasteiger partial charge in [-0.15, -0.1) is 0 Å². The predicted molar refractivity (Wildman–Crippen MR) is 78.5 cm³/mol. The average molecular weight is 284 g/mol. The highest BCUT2D eigenvalue weighted by Gasteiger charge is 2.21. The fourth-order valence-corrected chi connectivity index (χ4v) is 3.38. The molecule has 0 heterocycles. The molecule has 0 spiro atoms. The summed E-state index contributed by atoms with van der Waals surface area (Å²) in [6.45, 7) is 9.50. The first-order valence-corrected chi connectivity index (χ1v) is 8.18. The van der Waals surface area contributed by atoms with Crippen LogP contribution in [0.5, 0.6) is 0 Å². The van der Waals surface area contributed by atoms with Crippen LogP contribution in [-0.2, 0) is 16.6 Å². The van der Waals surface area contributed by atoms with Crippen molar-refractivity contribution in [1.29, 1.82) is 0 Å². The fraction of sp³-hybridized carbons (Fsp3) is 0.571. The maximum atomic E-state index is 12.4. The van der Waals surface area contributed by atoms with Crippen LogP contribution in [-0.4, -0.2) is 31.9 Å². The quantitative estimate of drug-likeness (QED) is 0.835. The molecular weight excluding hydrogens is 260 g/mol. The number of benzene rings is 1. The molecule has 1 aromatic carbocycles. The highest BCUT2D eigenvalue weighted by Crippen LogP contribution is 2.16. The topological polar surface area (TPSA) is 49.4 Å². The Morgan fingerprint density at radius 1 is 1.21 bits per heavy atom. The standard InChI is InChI=1S/C14H24N2O2S/c1-5-16(6-2)19(17,18)14-9-7-8-13(10-14)11-15-12(3)4/h7-10,12,15H,5-6,11H2,1-4H3. The van der Waals surface area contributed by atoms with E-state index >= 15 is 0 Å². The molecule has 0 aliphatic heterocycles. The molecule has 4 nitrogen and oxygen atoms in total. The molecule has 0 bridgehead atoms. The third-order valence-corrected chi connectivity index (χ3v) is 5.00. The number of hydrogen-bond donors (Lipinski definition) is 1. The molecule has 0 saturated heterocycles. The van der Waals surface area contributed by atoms with Gasteiger partial charge in [-0.2, -0.15) is 4.31 Å². The van der Waals surface area contributed by atoms with Gasteiger partial charge in [-0.05, 0) is 17.7 Å². The van der Waals surface area contributed by atoms with Crippen LogP contribution < -0.4 is 5.32 Å². The van der Waals surface area contributed by atoms with Crippen LogP contribution in [0.3, 0.4) is 0 Å². The lowest BCUT2D eigenvalue weighted by molar-refractivity contribution is 0.445. The van der Waals surface area contributed by atoms with Gasteiger partial charge in [0.15, 0.2) is 0 Å². The van der Waals surface area contributed by atoms with Gasteiger partial charge in [-0.25, -0.2) is 8.42 Å². The van der Waals surface area contributed by atoms with Crippen molar-refractivity contribution in [2.24, 2.45) is 0 Å². The highest BCUT2D eigenvalue weighted by atomic mass is 32.2. The number of hydrogen-bond acceptors (Lipinski definition) is 3. The van der Waals surface area contributed by atoms with Crippen LogP contribution in [0.1, 0.15) is 33.3 Å². The third-order valence-electron chi connectivity index (χ3n) is 2.96. The molecule has 0 unspecified atom stereocenters. The highest BCUT2D eigenvalue weighted by molar-refractivity contribution is 7.89. The van der Waals surface area contributed by atoms with E-state index in [-0.39, 0.29) is 0 Å². The van der Waals surface area contributed by atoms with E-state index in [9.17, 15) is 8.42 Å². The van der Waals surface area contributed by atoms with Crippen molar-refractivity contribution >= 4 is 10.0 Å². The summed E-state index contributed by atoms with van der Waals surface area (Å²) < 4.78 is 26.3. The second kappa shape index (κ2) is 7.03. The molecule has 0 fully saturated rings. The zero-order valence-corrected chi connectivity index (χ0v) is 13.0. The van der Waals surface area contributed by atoms with E-state index in [1.807, 2.05) is 19.9 Å². The minimum absolute atomic E-state index is 0.374. The van der Waals surface area contributed by atoms with Gasteiger partial charge >= 0.3 is 0 Å². The minimum atomic E-state index is -3.36. The Bertz CT molecular complexity index is 494. The van der Waals surface area contributed by atoms with Gasteiger partial charge in [0.1, 0.15) is 0 Å². The van der Waals surface area contributed by atoms with Crippen LogP contribution in [0.25, 0.3) is 0 Å². The van der Waals surface area contributed by atoms with E-state index in [2.05, 4.69) is 19.2 Å². The molecule has 19 heavy (non-hydrogen) atoms. The maximum absolute atomic E-state index is 12.4. The first-order valence-electron chi connectivity index (χ1n) is 6.74. The SMILES string of the molecule is CCN(CC)S(=O)(=O)c1cccc(CNC(C)C)c1. The lowest BCUT2D eigenvalue weighted by atomic mass is 10.2. The summed E-state index contributed by atoms with van der Waals surface area (Å²) >= 11 is 0. The molecule has 0 aliphatic rings. The van der Waals surface area contributed by atoms with E-state index in [1.54, 1.807) is 18.2 Å². The Morgan fingerprint density at radius 2 is 1.84 bits per heavy atom. The summed E-state index contributed by atoms with van der Waals surface area (Å²) in [6, 6.07) is 7.53. The van der Waals surface area contributed by atoms with Gasteiger partial charge in [-0.1, -0.05) is 39.8 Å². The molecular formula is C14H24N2O2S. The smallest absolute Gasteiger partial charge is 0.243 e. The normalized spacial score (nSPS) is 12.3. The maximum Gasteiger partial charge on any atom is 0.243 e. The molecule has 0 aliphatic carbocycles. The van der Waals surface area contributed by atoms with Crippen LogP contribution >= 0.6 is 0 Å². The van der Waals surface area contributed by atoms with Crippen LogP contribution in [0, 0.1) is 0 Å². The van der Waals surface area contributed by atoms with Gasteiger partial charge in [0, 0.05) is 25.7 Å². The monoisotopic (exact) mass is 284 g/mol. The van der Waals surface area contributed by atoms with Crippen molar-refractivity contribution in [2.45, 2.75) is 45.2 Å². The van der Waals surface area contributed by atoms with Crippen molar-refractivity contribution in [3.8, 4) is 0 Å². The van der Waals surface area contributed by atoms with Crippen LogP contribution in [0.15, 0.2) is 29.2 Å². The van der Waals surface area contributed by atoms with E-state index in [1.165, 1.54) is 4.31 Å². The first kappa shape index (κ1) is 16.1. The summed E-state index contributed by atoms with van der Waals surface area (Å²) in [7, 11) is -3.36. The largest absolute Gasteiger partial charge is 0.310 e. The van der Waals surface area contributed by atoms with Gasteiger partial charge in [-0.3, -0.25) is 0 Å². The molecule has 108 valence electrons.